The molecule has 2 aliphatic heterocycles. The Hall–Kier alpha value is -3.49. The summed E-state index contributed by atoms with van der Waals surface area (Å²) < 4.78 is 5.12. The van der Waals surface area contributed by atoms with Crippen LogP contribution in [-0.2, 0) is 20.8 Å². The average molecular weight is 438 g/mol. The summed E-state index contributed by atoms with van der Waals surface area (Å²) in [5, 5.41) is 2.74. The van der Waals surface area contributed by atoms with Crippen molar-refractivity contribution >= 4 is 23.5 Å². The molecule has 2 aromatic rings. The second kappa shape index (κ2) is 9.33. The minimum absolute atomic E-state index is 0.00456. The van der Waals surface area contributed by atoms with E-state index in [2.05, 4.69) is 10.3 Å². The largest absolute Gasteiger partial charge is 0.459 e. The highest BCUT2D eigenvalue weighted by atomic mass is 16.3. The van der Waals surface area contributed by atoms with Gasteiger partial charge in [-0.2, -0.15) is 0 Å². The zero-order chi connectivity index (χ0) is 22.7. The van der Waals surface area contributed by atoms with Crippen LogP contribution in [0, 0.1) is 0 Å². The van der Waals surface area contributed by atoms with Crippen molar-refractivity contribution in [3.63, 3.8) is 0 Å². The van der Waals surface area contributed by atoms with Gasteiger partial charge in [0, 0.05) is 18.9 Å². The lowest BCUT2D eigenvalue weighted by atomic mass is 10.1. The Morgan fingerprint density at radius 1 is 1.25 bits per heavy atom. The molecule has 0 aliphatic carbocycles. The van der Waals surface area contributed by atoms with Crippen LogP contribution in [0.15, 0.2) is 47.3 Å². The van der Waals surface area contributed by atoms with Gasteiger partial charge in [-0.1, -0.05) is 19.4 Å². The van der Waals surface area contributed by atoms with Gasteiger partial charge in [0.1, 0.15) is 12.1 Å². The fourth-order valence-corrected chi connectivity index (χ4v) is 4.55. The van der Waals surface area contributed by atoms with Crippen LogP contribution in [0.25, 0.3) is 0 Å². The second-order valence-electron chi connectivity index (χ2n) is 8.15. The minimum atomic E-state index is -0.760. The molecule has 0 saturated carbocycles. The van der Waals surface area contributed by atoms with E-state index in [1.54, 1.807) is 29.4 Å². The summed E-state index contributed by atoms with van der Waals surface area (Å²) in [6.07, 6.45) is 6.49. The Balaban J connectivity index is 1.45. The van der Waals surface area contributed by atoms with E-state index >= 15 is 0 Å². The number of ketones is 1. The number of furan rings is 1. The van der Waals surface area contributed by atoms with Crippen LogP contribution in [0.5, 0.6) is 0 Å². The predicted molar refractivity (Wildman–Crippen MR) is 113 cm³/mol. The lowest BCUT2D eigenvalue weighted by Crippen LogP contribution is -2.52. The van der Waals surface area contributed by atoms with E-state index in [-0.39, 0.29) is 42.4 Å². The number of hydrogen-bond acceptors (Lipinski definition) is 6. The fraction of sp³-hybridized carbons (Fsp3) is 0.435. The smallest absolute Gasteiger partial charge is 0.287 e. The van der Waals surface area contributed by atoms with E-state index in [0.29, 0.717) is 25.8 Å². The number of carbonyl (C=O) groups excluding carboxylic acids is 4. The van der Waals surface area contributed by atoms with E-state index < -0.39 is 18.0 Å². The van der Waals surface area contributed by atoms with Crippen LogP contribution in [0.1, 0.15) is 42.3 Å². The van der Waals surface area contributed by atoms with Crippen molar-refractivity contribution in [3.05, 3.63) is 54.2 Å². The van der Waals surface area contributed by atoms with Gasteiger partial charge in [-0.05, 0) is 36.6 Å². The molecular weight excluding hydrogens is 412 g/mol. The van der Waals surface area contributed by atoms with E-state index in [0.717, 1.165) is 5.56 Å². The topological polar surface area (TPSA) is 113 Å². The Labute approximate surface area is 185 Å². The van der Waals surface area contributed by atoms with E-state index in [1.807, 2.05) is 13.0 Å². The number of amides is 3. The van der Waals surface area contributed by atoms with E-state index in [4.69, 9.17) is 4.42 Å². The van der Waals surface area contributed by atoms with E-state index in [9.17, 15) is 19.2 Å². The SMILES string of the molecule is CCCC(NC(=O)c1ccco1)C(=O)N1CCC2C1C(=O)CN2C(=O)Cc1cccnc1. The van der Waals surface area contributed by atoms with Gasteiger partial charge in [-0.3, -0.25) is 24.2 Å². The predicted octanol–water partition coefficient (Wildman–Crippen LogP) is 1.20. The first-order valence-electron chi connectivity index (χ1n) is 10.9. The van der Waals surface area contributed by atoms with Gasteiger partial charge >= 0.3 is 0 Å². The fourth-order valence-electron chi connectivity index (χ4n) is 4.55. The number of likely N-dealkylation sites (tertiary alicyclic amines) is 2. The molecule has 2 aliphatic rings. The molecule has 0 radical (unpaired) electrons. The van der Waals surface area contributed by atoms with Crippen molar-refractivity contribution in [1.29, 1.82) is 0 Å². The van der Waals surface area contributed by atoms with Crippen molar-refractivity contribution < 1.29 is 23.6 Å². The first-order chi connectivity index (χ1) is 15.5. The number of Topliss-reactive ketones (excluding diaryl/α,β-unsaturated/α-hetero) is 1. The lowest BCUT2D eigenvalue weighted by Gasteiger charge is -2.28. The highest BCUT2D eigenvalue weighted by molar-refractivity contribution is 6.00. The molecule has 9 heteroatoms. The number of pyridine rings is 1. The molecule has 0 bridgehead atoms. The summed E-state index contributed by atoms with van der Waals surface area (Å²) in [5.41, 5.74) is 0.781. The minimum Gasteiger partial charge on any atom is -0.459 e. The van der Waals surface area contributed by atoms with Crippen molar-refractivity contribution in [2.75, 3.05) is 13.1 Å². The Bertz CT molecular complexity index is 991. The molecule has 2 saturated heterocycles. The number of hydrogen-bond donors (Lipinski definition) is 1. The zero-order valence-corrected chi connectivity index (χ0v) is 17.9. The first kappa shape index (κ1) is 21.7. The summed E-state index contributed by atoms with van der Waals surface area (Å²) in [7, 11) is 0. The standard InChI is InChI=1S/C23H26N4O5/c1-2-5-16(25-22(30)19-7-4-11-32-19)23(31)26-10-8-17-21(26)18(28)14-27(17)20(29)12-15-6-3-9-24-13-15/h3-4,6-7,9,11,13,16-17,21H,2,5,8,10,12,14H2,1H3,(H,25,30). The van der Waals surface area contributed by atoms with Crippen LogP contribution < -0.4 is 5.32 Å². The average Bonchev–Trinajstić information content (AvgIpc) is 3.52. The third-order valence-electron chi connectivity index (χ3n) is 6.03. The van der Waals surface area contributed by atoms with Gasteiger partial charge < -0.3 is 19.5 Å². The molecular formula is C23H26N4O5. The van der Waals surface area contributed by atoms with Crippen molar-refractivity contribution in [2.45, 2.75) is 50.7 Å². The molecule has 4 heterocycles. The molecule has 3 atom stereocenters. The molecule has 32 heavy (non-hydrogen) atoms. The summed E-state index contributed by atoms with van der Waals surface area (Å²) in [6, 6.07) is 4.96. The monoisotopic (exact) mass is 438 g/mol. The van der Waals surface area contributed by atoms with Crippen LogP contribution in [-0.4, -0.2) is 69.5 Å². The summed E-state index contributed by atoms with van der Waals surface area (Å²) >= 11 is 0. The first-order valence-corrected chi connectivity index (χ1v) is 10.9. The maximum atomic E-state index is 13.3. The summed E-state index contributed by atoms with van der Waals surface area (Å²) in [6.45, 7) is 2.29. The molecule has 3 amide bonds. The van der Waals surface area contributed by atoms with Crippen molar-refractivity contribution in [1.82, 2.24) is 20.1 Å². The second-order valence-corrected chi connectivity index (χ2v) is 8.15. The van der Waals surface area contributed by atoms with Crippen molar-refractivity contribution in [3.8, 4) is 0 Å². The van der Waals surface area contributed by atoms with Crippen LogP contribution in [0.4, 0.5) is 0 Å². The van der Waals surface area contributed by atoms with Gasteiger partial charge in [-0.15, -0.1) is 0 Å². The quantitative estimate of drug-likeness (QED) is 0.695. The third-order valence-corrected chi connectivity index (χ3v) is 6.03. The normalized spacial score (nSPS) is 20.8. The third kappa shape index (κ3) is 4.28. The van der Waals surface area contributed by atoms with Gasteiger partial charge in [0.15, 0.2) is 11.5 Å². The molecule has 168 valence electrons. The molecule has 2 aromatic heterocycles. The molecule has 1 N–H and O–H groups in total. The van der Waals surface area contributed by atoms with Gasteiger partial charge in [-0.25, -0.2) is 0 Å². The molecule has 0 spiro atoms. The maximum Gasteiger partial charge on any atom is 0.287 e. The highest BCUT2D eigenvalue weighted by Crippen LogP contribution is 2.31. The Morgan fingerprint density at radius 3 is 2.78 bits per heavy atom. The Kier molecular flexibility index (Phi) is 6.34. The lowest BCUT2D eigenvalue weighted by molar-refractivity contribution is -0.138. The number of fused-ring (bicyclic) bond motifs is 1. The molecule has 3 unspecified atom stereocenters. The molecule has 9 nitrogen and oxygen atoms in total. The Morgan fingerprint density at radius 2 is 2.09 bits per heavy atom. The molecule has 2 fully saturated rings. The summed E-state index contributed by atoms with van der Waals surface area (Å²) in [4.78, 5) is 58.6. The van der Waals surface area contributed by atoms with E-state index in [1.165, 1.54) is 17.2 Å². The van der Waals surface area contributed by atoms with Crippen molar-refractivity contribution in [2.24, 2.45) is 0 Å². The van der Waals surface area contributed by atoms with Crippen LogP contribution in [0.2, 0.25) is 0 Å². The number of nitrogens with one attached hydrogen (secondary N) is 1. The number of rotatable bonds is 7. The van der Waals surface area contributed by atoms with Crippen LogP contribution in [0.3, 0.4) is 0 Å². The number of aromatic nitrogens is 1. The van der Waals surface area contributed by atoms with Crippen LogP contribution >= 0.6 is 0 Å². The van der Waals surface area contributed by atoms with Gasteiger partial charge in [0.2, 0.25) is 11.8 Å². The molecule has 0 aromatic carbocycles. The summed E-state index contributed by atoms with van der Waals surface area (Å²) in [5.74, 6) is -0.933. The van der Waals surface area contributed by atoms with Gasteiger partial charge in [0.25, 0.3) is 5.91 Å². The number of nitrogens with zero attached hydrogens (tertiary/aromatic N) is 3. The highest BCUT2D eigenvalue weighted by Gasteiger charge is 2.52. The maximum absolute atomic E-state index is 13.3. The molecule has 4 rings (SSSR count). The van der Waals surface area contributed by atoms with Gasteiger partial charge in [0.05, 0.1) is 25.3 Å². The number of carbonyl (C=O) groups is 4. The zero-order valence-electron chi connectivity index (χ0n) is 17.9.